The Kier molecular flexibility index (Phi) is 11.3. The van der Waals surface area contributed by atoms with Gasteiger partial charge in [0, 0.05) is 58.2 Å². The summed E-state index contributed by atoms with van der Waals surface area (Å²) in [5.41, 5.74) is 1.91. The molecule has 0 spiro atoms. The summed E-state index contributed by atoms with van der Waals surface area (Å²) in [6.07, 6.45) is 3.98. The van der Waals surface area contributed by atoms with Crippen molar-refractivity contribution in [2.75, 3.05) is 45.3 Å². The van der Waals surface area contributed by atoms with Crippen molar-refractivity contribution in [2.24, 2.45) is 16.8 Å². The molecular weight excluding hydrogens is 380 g/mol. The minimum Gasteiger partial charge on any atom is -0.381 e. The molecule has 1 unspecified atom stereocenters. The van der Waals surface area contributed by atoms with E-state index in [0.717, 1.165) is 75.9 Å². The Balaban J connectivity index is 1.63. The molecule has 0 aliphatic carbocycles. The van der Waals surface area contributed by atoms with Gasteiger partial charge in [0.2, 0.25) is 5.91 Å². The molecule has 3 N–H and O–H groups in total. The van der Waals surface area contributed by atoms with Crippen LogP contribution in [0, 0.1) is 11.8 Å². The van der Waals surface area contributed by atoms with Gasteiger partial charge in [0.05, 0.1) is 0 Å². The number of amides is 1. The zero-order valence-corrected chi connectivity index (χ0v) is 18.7. The molecule has 1 atom stereocenters. The van der Waals surface area contributed by atoms with Crippen LogP contribution in [0.5, 0.6) is 0 Å². The van der Waals surface area contributed by atoms with Crippen molar-refractivity contribution in [3.05, 3.63) is 29.8 Å². The fraction of sp³-hybridized carbons (Fsp3) is 0.652. The fourth-order valence-corrected chi connectivity index (χ4v) is 3.16. The first-order valence-corrected chi connectivity index (χ1v) is 11.1. The third kappa shape index (κ3) is 9.13. The molecule has 7 heteroatoms. The number of ether oxygens (including phenoxy) is 2. The van der Waals surface area contributed by atoms with Crippen molar-refractivity contribution in [2.45, 2.75) is 46.1 Å². The van der Waals surface area contributed by atoms with E-state index in [-0.39, 0.29) is 11.8 Å². The number of nitrogens with zero attached hydrogens (tertiary/aromatic N) is 1. The van der Waals surface area contributed by atoms with Gasteiger partial charge in [-0.05, 0) is 49.3 Å². The predicted octanol–water partition coefficient (Wildman–Crippen LogP) is 3.17. The molecule has 1 fully saturated rings. The van der Waals surface area contributed by atoms with Gasteiger partial charge in [-0.25, -0.2) is 0 Å². The van der Waals surface area contributed by atoms with Crippen molar-refractivity contribution in [3.8, 4) is 0 Å². The smallest absolute Gasteiger partial charge is 0.227 e. The molecule has 168 valence electrons. The SMILES string of the molecule is CCC(C)C(=O)Nc1cccc(CNC(=NC)NCCCOCC2CCOCC2)c1. The molecule has 0 bridgehead atoms. The molecule has 1 aromatic carbocycles. The number of anilines is 1. The standard InChI is InChI=1S/C23H38N4O3/c1-4-18(2)22(28)27-21-8-5-7-20(15-21)16-26-23(24-3)25-11-6-12-30-17-19-9-13-29-14-10-19/h5,7-8,15,18-19H,4,6,9-14,16-17H2,1-3H3,(H,27,28)(H2,24,25,26). The lowest BCUT2D eigenvalue weighted by molar-refractivity contribution is -0.119. The minimum absolute atomic E-state index is 0.00969. The number of nitrogens with one attached hydrogen (secondary N) is 3. The molecule has 0 aromatic heterocycles. The van der Waals surface area contributed by atoms with Crippen LogP contribution in [0.2, 0.25) is 0 Å². The van der Waals surface area contributed by atoms with Gasteiger partial charge in [0.15, 0.2) is 5.96 Å². The Morgan fingerprint density at radius 3 is 2.83 bits per heavy atom. The van der Waals surface area contributed by atoms with E-state index >= 15 is 0 Å². The molecular formula is C23H38N4O3. The zero-order valence-electron chi connectivity index (χ0n) is 18.7. The molecule has 1 heterocycles. The summed E-state index contributed by atoms with van der Waals surface area (Å²) in [5, 5.41) is 9.61. The van der Waals surface area contributed by atoms with Gasteiger partial charge in [0.25, 0.3) is 0 Å². The van der Waals surface area contributed by atoms with Gasteiger partial charge in [-0.1, -0.05) is 26.0 Å². The Bertz CT molecular complexity index is 660. The average molecular weight is 419 g/mol. The van der Waals surface area contributed by atoms with Crippen molar-refractivity contribution in [3.63, 3.8) is 0 Å². The fourth-order valence-electron chi connectivity index (χ4n) is 3.16. The normalized spacial score (nSPS) is 16.2. The van der Waals surface area contributed by atoms with Crippen LogP contribution >= 0.6 is 0 Å². The third-order valence-corrected chi connectivity index (χ3v) is 5.39. The molecule has 0 saturated carbocycles. The van der Waals surface area contributed by atoms with Crippen LogP contribution in [0.15, 0.2) is 29.3 Å². The first kappa shape index (κ1) is 24.2. The zero-order chi connectivity index (χ0) is 21.6. The number of hydrogen-bond donors (Lipinski definition) is 3. The summed E-state index contributed by atoms with van der Waals surface area (Å²) >= 11 is 0. The van der Waals surface area contributed by atoms with Crippen molar-refractivity contribution < 1.29 is 14.3 Å². The summed E-state index contributed by atoms with van der Waals surface area (Å²) in [6.45, 7) is 8.70. The number of guanidine groups is 1. The maximum absolute atomic E-state index is 12.1. The summed E-state index contributed by atoms with van der Waals surface area (Å²) in [7, 11) is 1.76. The molecule has 30 heavy (non-hydrogen) atoms. The van der Waals surface area contributed by atoms with E-state index in [9.17, 15) is 4.79 Å². The largest absolute Gasteiger partial charge is 0.381 e. The molecule has 1 aliphatic heterocycles. The molecule has 0 radical (unpaired) electrons. The van der Waals surface area contributed by atoms with Crippen LogP contribution < -0.4 is 16.0 Å². The highest BCUT2D eigenvalue weighted by Crippen LogP contribution is 2.15. The van der Waals surface area contributed by atoms with Gasteiger partial charge in [-0.3, -0.25) is 9.79 Å². The Labute approximate surface area is 181 Å². The second-order valence-corrected chi connectivity index (χ2v) is 7.84. The highest BCUT2D eigenvalue weighted by molar-refractivity contribution is 5.92. The van der Waals surface area contributed by atoms with Gasteiger partial charge >= 0.3 is 0 Å². The number of rotatable bonds is 11. The van der Waals surface area contributed by atoms with Crippen LogP contribution in [0.1, 0.15) is 45.1 Å². The van der Waals surface area contributed by atoms with Crippen LogP contribution in [0.4, 0.5) is 5.69 Å². The van der Waals surface area contributed by atoms with Crippen molar-refractivity contribution in [1.82, 2.24) is 10.6 Å². The first-order chi connectivity index (χ1) is 14.6. The topological polar surface area (TPSA) is 84.0 Å². The van der Waals surface area contributed by atoms with Gasteiger partial charge in [-0.2, -0.15) is 0 Å². The molecule has 1 aromatic rings. The van der Waals surface area contributed by atoms with E-state index in [2.05, 4.69) is 20.9 Å². The number of carbonyl (C=O) groups excluding carboxylic acids is 1. The number of hydrogen-bond acceptors (Lipinski definition) is 4. The quantitative estimate of drug-likeness (QED) is 0.292. The number of aliphatic imine (C=N–C) groups is 1. The third-order valence-electron chi connectivity index (χ3n) is 5.39. The van der Waals surface area contributed by atoms with E-state index in [1.54, 1.807) is 7.05 Å². The highest BCUT2D eigenvalue weighted by atomic mass is 16.5. The Morgan fingerprint density at radius 1 is 1.30 bits per heavy atom. The Hall–Kier alpha value is -2.12. The van der Waals surface area contributed by atoms with E-state index in [4.69, 9.17) is 9.47 Å². The lowest BCUT2D eigenvalue weighted by Gasteiger charge is -2.21. The molecule has 1 amide bonds. The highest BCUT2D eigenvalue weighted by Gasteiger charge is 2.13. The maximum Gasteiger partial charge on any atom is 0.227 e. The van der Waals surface area contributed by atoms with Crippen molar-refractivity contribution in [1.29, 1.82) is 0 Å². The monoisotopic (exact) mass is 418 g/mol. The first-order valence-electron chi connectivity index (χ1n) is 11.1. The second kappa shape index (κ2) is 14.0. The lowest BCUT2D eigenvalue weighted by atomic mass is 10.0. The lowest BCUT2D eigenvalue weighted by Crippen LogP contribution is -2.37. The summed E-state index contributed by atoms with van der Waals surface area (Å²) < 4.78 is 11.2. The van der Waals surface area contributed by atoms with Crippen LogP contribution in [-0.4, -0.2) is 51.9 Å². The van der Waals surface area contributed by atoms with Gasteiger partial charge < -0.3 is 25.4 Å². The van der Waals surface area contributed by atoms with Crippen LogP contribution in [-0.2, 0) is 20.8 Å². The van der Waals surface area contributed by atoms with E-state index in [1.165, 1.54) is 0 Å². The second-order valence-electron chi connectivity index (χ2n) is 7.84. The molecule has 2 rings (SSSR count). The number of carbonyl (C=O) groups is 1. The number of benzene rings is 1. The summed E-state index contributed by atoms with van der Waals surface area (Å²) in [4.78, 5) is 16.3. The van der Waals surface area contributed by atoms with Crippen molar-refractivity contribution >= 4 is 17.6 Å². The molecule has 7 nitrogen and oxygen atoms in total. The van der Waals surface area contributed by atoms with Gasteiger partial charge in [-0.15, -0.1) is 0 Å². The van der Waals surface area contributed by atoms with Crippen LogP contribution in [0.25, 0.3) is 0 Å². The Morgan fingerprint density at radius 2 is 2.10 bits per heavy atom. The summed E-state index contributed by atoms with van der Waals surface area (Å²) in [6, 6.07) is 7.89. The summed E-state index contributed by atoms with van der Waals surface area (Å²) in [5.74, 6) is 1.47. The maximum atomic E-state index is 12.1. The predicted molar refractivity (Wildman–Crippen MR) is 122 cm³/mol. The van der Waals surface area contributed by atoms with Crippen LogP contribution in [0.3, 0.4) is 0 Å². The van der Waals surface area contributed by atoms with E-state index in [1.807, 2.05) is 38.1 Å². The molecule has 1 aliphatic rings. The van der Waals surface area contributed by atoms with Gasteiger partial charge in [0.1, 0.15) is 0 Å². The minimum atomic E-state index is 0.00969. The van der Waals surface area contributed by atoms with E-state index in [0.29, 0.717) is 12.5 Å². The average Bonchev–Trinajstić information content (AvgIpc) is 2.78. The van der Waals surface area contributed by atoms with E-state index < -0.39 is 0 Å². The molecule has 1 saturated heterocycles.